The molecule has 110 valence electrons. The van der Waals surface area contributed by atoms with Gasteiger partial charge in [0.2, 0.25) is 0 Å². The van der Waals surface area contributed by atoms with Crippen molar-refractivity contribution in [2.45, 2.75) is 19.4 Å². The van der Waals surface area contributed by atoms with Crippen molar-refractivity contribution >= 4 is 0 Å². The predicted octanol–water partition coefficient (Wildman–Crippen LogP) is 3.18. The minimum atomic E-state index is 0.504. The molecule has 2 heteroatoms. The fraction of sp³-hybridized carbons (Fsp3) is 0.368. The van der Waals surface area contributed by atoms with Gasteiger partial charge in [-0.05, 0) is 24.5 Å². The van der Waals surface area contributed by atoms with Crippen LogP contribution in [0.3, 0.4) is 0 Å². The predicted molar refractivity (Wildman–Crippen MR) is 88.5 cm³/mol. The maximum atomic E-state index is 3.53. The molecule has 0 saturated carbocycles. The summed E-state index contributed by atoms with van der Waals surface area (Å²) in [5, 5.41) is 3.53. The van der Waals surface area contributed by atoms with Gasteiger partial charge in [-0.2, -0.15) is 0 Å². The van der Waals surface area contributed by atoms with Crippen LogP contribution in [0.25, 0.3) is 0 Å². The van der Waals surface area contributed by atoms with Gasteiger partial charge in [0, 0.05) is 32.2 Å². The molecule has 2 nitrogen and oxygen atoms in total. The summed E-state index contributed by atoms with van der Waals surface area (Å²) in [6.45, 7) is 6.58. The Hall–Kier alpha value is -1.64. The van der Waals surface area contributed by atoms with E-state index in [9.17, 15) is 0 Å². The van der Waals surface area contributed by atoms with Gasteiger partial charge in [0.05, 0.1) is 0 Å². The molecule has 1 aliphatic heterocycles. The summed E-state index contributed by atoms with van der Waals surface area (Å²) in [6, 6.07) is 20.3. The summed E-state index contributed by atoms with van der Waals surface area (Å²) >= 11 is 0. The van der Waals surface area contributed by atoms with E-state index in [1.807, 2.05) is 0 Å². The number of hydrogen-bond donors (Lipinski definition) is 1. The smallest absolute Gasteiger partial charge is 0.0473 e. The zero-order valence-electron chi connectivity index (χ0n) is 12.8. The Bertz CT molecular complexity index is 565. The van der Waals surface area contributed by atoms with Crippen molar-refractivity contribution in [2.75, 3.05) is 26.2 Å². The van der Waals surface area contributed by atoms with E-state index < -0.39 is 0 Å². The molecular formula is C19H24N2. The number of benzene rings is 2. The van der Waals surface area contributed by atoms with Crippen molar-refractivity contribution in [3.63, 3.8) is 0 Å². The molecule has 1 fully saturated rings. The fourth-order valence-electron chi connectivity index (χ4n) is 3.16. The molecule has 2 aromatic rings. The molecule has 1 atom stereocenters. The van der Waals surface area contributed by atoms with Crippen LogP contribution in [0.5, 0.6) is 0 Å². The first-order chi connectivity index (χ1) is 10.3. The molecule has 0 spiro atoms. The minimum Gasteiger partial charge on any atom is -0.314 e. The van der Waals surface area contributed by atoms with E-state index in [0.29, 0.717) is 6.04 Å². The molecule has 0 aromatic heterocycles. The maximum Gasteiger partial charge on any atom is 0.0473 e. The van der Waals surface area contributed by atoms with E-state index in [1.165, 1.54) is 16.7 Å². The van der Waals surface area contributed by atoms with Crippen LogP contribution in [0.15, 0.2) is 54.6 Å². The molecule has 1 saturated heterocycles. The molecule has 1 heterocycles. The molecule has 1 aliphatic rings. The van der Waals surface area contributed by atoms with Crippen LogP contribution in [0.4, 0.5) is 0 Å². The second-order valence-corrected chi connectivity index (χ2v) is 5.91. The monoisotopic (exact) mass is 280 g/mol. The molecule has 21 heavy (non-hydrogen) atoms. The Morgan fingerprint density at radius 3 is 2.76 bits per heavy atom. The van der Waals surface area contributed by atoms with Crippen molar-refractivity contribution in [2.24, 2.45) is 0 Å². The van der Waals surface area contributed by atoms with Crippen molar-refractivity contribution in [3.05, 3.63) is 71.3 Å². The standard InChI is InChI=1S/C19H24N2/c1-16-6-5-7-17(14-16)10-12-21-13-11-20-15-19(21)18-8-3-2-4-9-18/h2-9,14,19-20H,10-13,15H2,1H3. The second-order valence-electron chi connectivity index (χ2n) is 5.91. The summed E-state index contributed by atoms with van der Waals surface area (Å²) < 4.78 is 0. The lowest BCUT2D eigenvalue weighted by molar-refractivity contribution is 0.164. The average molecular weight is 280 g/mol. The Balaban J connectivity index is 1.67. The van der Waals surface area contributed by atoms with Gasteiger partial charge in [0.15, 0.2) is 0 Å². The quantitative estimate of drug-likeness (QED) is 0.925. The first kappa shape index (κ1) is 14.3. The Morgan fingerprint density at radius 2 is 1.95 bits per heavy atom. The van der Waals surface area contributed by atoms with Gasteiger partial charge in [0.25, 0.3) is 0 Å². The fourth-order valence-corrected chi connectivity index (χ4v) is 3.16. The Kier molecular flexibility index (Phi) is 4.69. The summed E-state index contributed by atoms with van der Waals surface area (Å²) in [6.07, 6.45) is 1.13. The first-order valence-electron chi connectivity index (χ1n) is 7.88. The SMILES string of the molecule is Cc1cccc(CCN2CCNCC2c2ccccc2)c1. The van der Waals surface area contributed by atoms with Crippen LogP contribution in [0.1, 0.15) is 22.7 Å². The highest BCUT2D eigenvalue weighted by Crippen LogP contribution is 2.22. The number of rotatable bonds is 4. The molecule has 2 aromatic carbocycles. The third kappa shape index (κ3) is 3.72. The molecule has 0 aliphatic carbocycles. The van der Waals surface area contributed by atoms with Crippen LogP contribution >= 0.6 is 0 Å². The average Bonchev–Trinajstić information content (AvgIpc) is 2.54. The van der Waals surface area contributed by atoms with Crippen molar-refractivity contribution in [1.29, 1.82) is 0 Å². The third-order valence-corrected chi connectivity index (χ3v) is 4.31. The van der Waals surface area contributed by atoms with Gasteiger partial charge >= 0.3 is 0 Å². The number of nitrogens with one attached hydrogen (secondary N) is 1. The highest BCUT2D eigenvalue weighted by atomic mass is 15.2. The molecule has 0 amide bonds. The summed E-state index contributed by atoms with van der Waals surface area (Å²) in [5.74, 6) is 0. The van der Waals surface area contributed by atoms with Crippen LogP contribution in [0.2, 0.25) is 0 Å². The summed E-state index contributed by atoms with van der Waals surface area (Å²) in [7, 11) is 0. The maximum absolute atomic E-state index is 3.53. The van der Waals surface area contributed by atoms with Gasteiger partial charge in [-0.1, -0.05) is 60.2 Å². The van der Waals surface area contributed by atoms with Crippen molar-refractivity contribution in [3.8, 4) is 0 Å². The zero-order valence-corrected chi connectivity index (χ0v) is 12.8. The normalized spacial score (nSPS) is 19.6. The van der Waals surface area contributed by atoms with Crippen LogP contribution in [-0.2, 0) is 6.42 Å². The number of hydrogen-bond acceptors (Lipinski definition) is 2. The molecule has 3 rings (SSSR count). The second kappa shape index (κ2) is 6.88. The Morgan fingerprint density at radius 1 is 1.10 bits per heavy atom. The largest absolute Gasteiger partial charge is 0.314 e. The van der Waals surface area contributed by atoms with Crippen LogP contribution < -0.4 is 5.32 Å². The van der Waals surface area contributed by atoms with E-state index in [0.717, 1.165) is 32.6 Å². The Labute approximate surface area is 127 Å². The van der Waals surface area contributed by atoms with E-state index >= 15 is 0 Å². The lowest BCUT2D eigenvalue weighted by Crippen LogP contribution is -2.46. The highest BCUT2D eigenvalue weighted by molar-refractivity contribution is 5.23. The highest BCUT2D eigenvalue weighted by Gasteiger charge is 2.22. The van der Waals surface area contributed by atoms with E-state index in [1.54, 1.807) is 0 Å². The van der Waals surface area contributed by atoms with E-state index in [-0.39, 0.29) is 0 Å². The topological polar surface area (TPSA) is 15.3 Å². The molecular weight excluding hydrogens is 256 g/mol. The number of nitrogens with zero attached hydrogens (tertiary/aromatic N) is 1. The minimum absolute atomic E-state index is 0.504. The number of piperazine rings is 1. The molecule has 1 unspecified atom stereocenters. The van der Waals surface area contributed by atoms with E-state index in [4.69, 9.17) is 0 Å². The van der Waals surface area contributed by atoms with Gasteiger partial charge in [-0.15, -0.1) is 0 Å². The third-order valence-electron chi connectivity index (χ3n) is 4.31. The lowest BCUT2D eigenvalue weighted by atomic mass is 10.0. The van der Waals surface area contributed by atoms with Gasteiger partial charge < -0.3 is 5.32 Å². The van der Waals surface area contributed by atoms with Crippen molar-refractivity contribution < 1.29 is 0 Å². The summed E-state index contributed by atoms with van der Waals surface area (Å²) in [4.78, 5) is 2.62. The molecule has 0 radical (unpaired) electrons. The summed E-state index contributed by atoms with van der Waals surface area (Å²) in [5.41, 5.74) is 4.22. The molecule has 1 N–H and O–H groups in total. The van der Waals surface area contributed by atoms with Gasteiger partial charge in [0.1, 0.15) is 0 Å². The lowest BCUT2D eigenvalue weighted by Gasteiger charge is -2.36. The van der Waals surface area contributed by atoms with Gasteiger partial charge in [-0.25, -0.2) is 0 Å². The van der Waals surface area contributed by atoms with Crippen LogP contribution in [0, 0.1) is 6.92 Å². The molecule has 0 bridgehead atoms. The number of aryl methyl sites for hydroxylation is 1. The van der Waals surface area contributed by atoms with Gasteiger partial charge in [-0.3, -0.25) is 4.90 Å². The van der Waals surface area contributed by atoms with E-state index in [2.05, 4.69) is 71.7 Å². The van der Waals surface area contributed by atoms with Crippen molar-refractivity contribution in [1.82, 2.24) is 10.2 Å². The first-order valence-corrected chi connectivity index (χ1v) is 7.88. The van der Waals surface area contributed by atoms with Crippen LogP contribution in [-0.4, -0.2) is 31.1 Å². The zero-order chi connectivity index (χ0) is 14.5.